The van der Waals surface area contributed by atoms with E-state index in [1.54, 1.807) is 0 Å². The highest BCUT2D eigenvalue weighted by Gasteiger charge is 2.19. The van der Waals surface area contributed by atoms with Gasteiger partial charge in [0, 0.05) is 19.6 Å². The van der Waals surface area contributed by atoms with Crippen LogP contribution in [0.4, 0.5) is 14.5 Å². The monoisotopic (exact) mass is 298 g/mol. The SMILES string of the molecule is CCNCc1cc(F)c(N(CC(C)C)CC(C)C)c(F)c1. The molecule has 0 aliphatic rings. The normalized spacial score (nSPS) is 11.5. The number of benzene rings is 1. The van der Waals surface area contributed by atoms with Crippen molar-refractivity contribution in [3.63, 3.8) is 0 Å². The first-order valence-corrected chi connectivity index (χ1v) is 7.78. The van der Waals surface area contributed by atoms with E-state index < -0.39 is 11.6 Å². The van der Waals surface area contributed by atoms with E-state index in [2.05, 4.69) is 33.0 Å². The minimum absolute atomic E-state index is 0.109. The quantitative estimate of drug-likeness (QED) is 0.774. The smallest absolute Gasteiger partial charge is 0.149 e. The fraction of sp³-hybridized carbons (Fsp3) is 0.647. The van der Waals surface area contributed by atoms with E-state index in [1.807, 2.05) is 11.8 Å². The largest absolute Gasteiger partial charge is 0.366 e. The number of nitrogens with zero attached hydrogens (tertiary/aromatic N) is 1. The molecule has 0 unspecified atom stereocenters. The summed E-state index contributed by atoms with van der Waals surface area (Å²) in [6.45, 7) is 12.8. The summed E-state index contributed by atoms with van der Waals surface area (Å²) in [5.74, 6) is -0.235. The van der Waals surface area contributed by atoms with Crippen molar-refractivity contribution in [3.05, 3.63) is 29.3 Å². The average Bonchev–Trinajstić information content (AvgIpc) is 2.33. The topological polar surface area (TPSA) is 15.3 Å². The van der Waals surface area contributed by atoms with Crippen LogP contribution < -0.4 is 10.2 Å². The van der Waals surface area contributed by atoms with Gasteiger partial charge in [0.1, 0.15) is 17.3 Å². The van der Waals surface area contributed by atoms with Gasteiger partial charge in [-0.3, -0.25) is 0 Å². The Balaban J connectivity index is 3.06. The molecule has 0 radical (unpaired) electrons. The Hall–Kier alpha value is -1.16. The molecule has 120 valence electrons. The summed E-state index contributed by atoms with van der Waals surface area (Å²) in [5, 5.41) is 3.09. The van der Waals surface area contributed by atoms with Crippen molar-refractivity contribution in [2.24, 2.45) is 11.8 Å². The Labute approximate surface area is 127 Å². The van der Waals surface area contributed by atoms with E-state index >= 15 is 0 Å². The first-order valence-electron chi connectivity index (χ1n) is 7.78. The zero-order valence-electron chi connectivity index (χ0n) is 13.8. The molecule has 21 heavy (non-hydrogen) atoms. The highest BCUT2D eigenvalue weighted by molar-refractivity contribution is 5.51. The van der Waals surface area contributed by atoms with Crippen LogP contribution in [0.5, 0.6) is 0 Å². The van der Waals surface area contributed by atoms with E-state index in [0.717, 1.165) is 6.54 Å². The lowest BCUT2D eigenvalue weighted by Crippen LogP contribution is -2.33. The van der Waals surface area contributed by atoms with Crippen molar-refractivity contribution >= 4 is 5.69 Å². The number of rotatable bonds is 8. The van der Waals surface area contributed by atoms with Crippen molar-refractivity contribution in [3.8, 4) is 0 Å². The first kappa shape index (κ1) is 17.9. The van der Waals surface area contributed by atoms with Crippen molar-refractivity contribution in [1.82, 2.24) is 5.32 Å². The summed E-state index contributed by atoms with van der Waals surface area (Å²) in [7, 11) is 0. The zero-order valence-corrected chi connectivity index (χ0v) is 13.8. The molecule has 0 saturated carbocycles. The minimum Gasteiger partial charge on any atom is -0.366 e. The molecule has 0 aromatic heterocycles. The van der Waals surface area contributed by atoms with Gasteiger partial charge >= 0.3 is 0 Å². The Kier molecular flexibility index (Phi) is 7.09. The number of halogens is 2. The van der Waals surface area contributed by atoms with E-state index in [9.17, 15) is 8.78 Å². The standard InChI is InChI=1S/C17H28F2N2/c1-6-20-9-14-7-15(18)17(16(19)8-14)21(10-12(2)3)11-13(4)5/h7-8,12-13,20H,6,9-11H2,1-5H3. The molecule has 0 heterocycles. The van der Waals surface area contributed by atoms with Gasteiger partial charge in [-0.2, -0.15) is 0 Å². The second-order valence-corrected chi connectivity index (χ2v) is 6.38. The molecule has 1 aromatic carbocycles. The third-order valence-electron chi connectivity index (χ3n) is 3.14. The van der Waals surface area contributed by atoms with Gasteiger partial charge in [0.2, 0.25) is 0 Å². The predicted octanol–water partition coefficient (Wildman–Crippen LogP) is 4.19. The van der Waals surface area contributed by atoms with Crippen LogP contribution in [0.25, 0.3) is 0 Å². The highest BCUT2D eigenvalue weighted by atomic mass is 19.1. The van der Waals surface area contributed by atoms with Gasteiger partial charge in [0.05, 0.1) is 0 Å². The van der Waals surface area contributed by atoms with Gasteiger partial charge in [-0.1, -0.05) is 34.6 Å². The molecule has 0 saturated heterocycles. The van der Waals surface area contributed by atoms with Gasteiger partial charge in [-0.15, -0.1) is 0 Å². The number of nitrogens with one attached hydrogen (secondary N) is 1. The maximum Gasteiger partial charge on any atom is 0.149 e. The van der Waals surface area contributed by atoms with Gasteiger partial charge in [-0.05, 0) is 36.1 Å². The van der Waals surface area contributed by atoms with Crippen LogP contribution in [-0.4, -0.2) is 19.6 Å². The van der Waals surface area contributed by atoms with Crippen LogP contribution in [0.1, 0.15) is 40.2 Å². The summed E-state index contributed by atoms with van der Waals surface area (Å²) < 4.78 is 28.8. The molecule has 1 N–H and O–H groups in total. The molecule has 0 aliphatic carbocycles. The second kappa shape index (κ2) is 8.32. The average molecular weight is 298 g/mol. The fourth-order valence-electron chi connectivity index (χ4n) is 2.43. The fourth-order valence-corrected chi connectivity index (χ4v) is 2.43. The maximum absolute atomic E-state index is 14.4. The molecule has 0 bridgehead atoms. The number of hydrogen-bond donors (Lipinski definition) is 1. The Morgan fingerprint density at radius 3 is 1.86 bits per heavy atom. The van der Waals surface area contributed by atoms with Crippen LogP contribution in [0.3, 0.4) is 0 Å². The number of anilines is 1. The lowest BCUT2D eigenvalue weighted by atomic mass is 10.1. The molecule has 0 atom stereocenters. The van der Waals surface area contributed by atoms with Crippen LogP contribution in [0.15, 0.2) is 12.1 Å². The summed E-state index contributed by atoms with van der Waals surface area (Å²) in [6, 6.07) is 2.88. The third-order valence-corrected chi connectivity index (χ3v) is 3.14. The maximum atomic E-state index is 14.4. The van der Waals surface area contributed by atoms with E-state index in [0.29, 0.717) is 37.0 Å². The third kappa shape index (κ3) is 5.62. The predicted molar refractivity (Wildman–Crippen MR) is 85.6 cm³/mol. The minimum atomic E-state index is -0.468. The van der Waals surface area contributed by atoms with E-state index in [4.69, 9.17) is 0 Å². The molecule has 1 aromatic rings. The summed E-state index contributed by atoms with van der Waals surface area (Å²) in [5.41, 5.74) is 0.752. The summed E-state index contributed by atoms with van der Waals surface area (Å²) in [4.78, 5) is 1.83. The Morgan fingerprint density at radius 1 is 1.00 bits per heavy atom. The molecule has 0 amide bonds. The molecule has 0 fully saturated rings. The highest BCUT2D eigenvalue weighted by Crippen LogP contribution is 2.26. The van der Waals surface area contributed by atoms with Crippen LogP contribution in [-0.2, 0) is 6.54 Å². The van der Waals surface area contributed by atoms with Crippen LogP contribution >= 0.6 is 0 Å². The van der Waals surface area contributed by atoms with E-state index in [1.165, 1.54) is 12.1 Å². The zero-order chi connectivity index (χ0) is 16.0. The van der Waals surface area contributed by atoms with Crippen molar-refractivity contribution in [1.29, 1.82) is 0 Å². The Bertz CT molecular complexity index is 411. The molecule has 0 spiro atoms. The molecular formula is C17H28F2N2. The van der Waals surface area contributed by atoms with Gasteiger partial charge < -0.3 is 10.2 Å². The summed E-state index contributed by atoms with van der Waals surface area (Å²) in [6.07, 6.45) is 0. The molecule has 2 nitrogen and oxygen atoms in total. The number of hydrogen-bond acceptors (Lipinski definition) is 2. The van der Waals surface area contributed by atoms with Crippen LogP contribution in [0.2, 0.25) is 0 Å². The molecule has 4 heteroatoms. The van der Waals surface area contributed by atoms with E-state index in [-0.39, 0.29) is 5.69 Å². The van der Waals surface area contributed by atoms with Crippen molar-refractivity contribution in [2.45, 2.75) is 41.2 Å². The first-order chi connectivity index (χ1) is 9.85. The molecule has 0 aliphatic heterocycles. The van der Waals surface area contributed by atoms with Crippen LogP contribution in [0, 0.1) is 23.5 Å². The lowest BCUT2D eigenvalue weighted by molar-refractivity contribution is 0.515. The second-order valence-electron chi connectivity index (χ2n) is 6.38. The van der Waals surface area contributed by atoms with Gasteiger partial charge in [0.25, 0.3) is 0 Å². The lowest BCUT2D eigenvalue weighted by Gasteiger charge is -2.29. The Morgan fingerprint density at radius 2 is 1.48 bits per heavy atom. The van der Waals surface area contributed by atoms with Crippen molar-refractivity contribution < 1.29 is 8.78 Å². The van der Waals surface area contributed by atoms with Crippen molar-refractivity contribution in [2.75, 3.05) is 24.5 Å². The summed E-state index contributed by atoms with van der Waals surface area (Å²) >= 11 is 0. The van der Waals surface area contributed by atoms with Gasteiger partial charge in [-0.25, -0.2) is 8.78 Å². The molecular weight excluding hydrogens is 270 g/mol. The van der Waals surface area contributed by atoms with Gasteiger partial charge in [0.15, 0.2) is 0 Å². The molecule has 1 rings (SSSR count).